The van der Waals surface area contributed by atoms with Crippen LogP contribution in [0.2, 0.25) is 0 Å². The van der Waals surface area contributed by atoms with Crippen LogP contribution in [0.15, 0.2) is 48.5 Å². The minimum absolute atomic E-state index is 0.0444. The molecule has 3 heteroatoms. The van der Waals surface area contributed by atoms with Crippen molar-refractivity contribution in [3.8, 4) is 0 Å². The number of nitrogens with one attached hydrogen (secondary N) is 2. The highest BCUT2D eigenvalue weighted by Crippen LogP contribution is 2.11. The van der Waals surface area contributed by atoms with Gasteiger partial charge < -0.3 is 10.6 Å². The predicted molar refractivity (Wildman–Crippen MR) is 87.1 cm³/mol. The molecule has 0 aliphatic heterocycles. The lowest BCUT2D eigenvalue weighted by Crippen LogP contribution is -2.14. The molecule has 0 heterocycles. The third-order valence-electron chi connectivity index (χ3n) is 3.42. The molecule has 0 saturated carbocycles. The molecule has 0 spiro atoms. The summed E-state index contributed by atoms with van der Waals surface area (Å²) in [4.78, 5) is 11.0. The van der Waals surface area contributed by atoms with Crippen LogP contribution in [0.5, 0.6) is 0 Å². The fraction of sp³-hybridized carbons (Fsp3) is 0.278. The summed E-state index contributed by atoms with van der Waals surface area (Å²) in [5, 5.41) is 6.24. The molecule has 0 radical (unpaired) electrons. The van der Waals surface area contributed by atoms with Gasteiger partial charge in [0, 0.05) is 25.7 Å². The summed E-state index contributed by atoms with van der Waals surface area (Å²) in [7, 11) is 0. The first-order valence-corrected chi connectivity index (χ1v) is 7.33. The number of hydrogen-bond donors (Lipinski definition) is 2. The number of anilines is 1. The summed E-state index contributed by atoms with van der Waals surface area (Å²) >= 11 is 0. The summed E-state index contributed by atoms with van der Waals surface area (Å²) in [5.74, 6) is -0.0444. The van der Waals surface area contributed by atoms with E-state index in [-0.39, 0.29) is 5.91 Å². The molecular weight excluding hydrogens is 260 g/mol. The normalized spacial score (nSPS) is 10.4. The second kappa shape index (κ2) is 7.60. The van der Waals surface area contributed by atoms with E-state index in [1.807, 2.05) is 24.3 Å². The molecule has 0 atom stereocenters. The first kappa shape index (κ1) is 15.3. The Morgan fingerprint density at radius 2 is 1.62 bits per heavy atom. The average molecular weight is 282 g/mol. The van der Waals surface area contributed by atoms with Crippen LogP contribution in [0.4, 0.5) is 5.69 Å². The number of amides is 1. The fourth-order valence-electron chi connectivity index (χ4n) is 2.33. The molecule has 110 valence electrons. The molecule has 0 saturated heterocycles. The van der Waals surface area contributed by atoms with E-state index < -0.39 is 0 Å². The van der Waals surface area contributed by atoms with E-state index >= 15 is 0 Å². The van der Waals surface area contributed by atoms with E-state index in [1.54, 1.807) is 0 Å². The number of carbonyl (C=O) groups is 1. The molecule has 0 aliphatic rings. The summed E-state index contributed by atoms with van der Waals surface area (Å²) in [6.45, 7) is 5.39. The van der Waals surface area contributed by atoms with E-state index in [1.165, 1.54) is 23.6 Å². The molecule has 2 N–H and O–H groups in total. The van der Waals surface area contributed by atoms with Crippen LogP contribution in [0.25, 0.3) is 0 Å². The molecule has 0 unspecified atom stereocenters. The van der Waals surface area contributed by atoms with Crippen molar-refractivity contribution in [3.05, 3.63) is 65.2 Å². The fourth-order valence-corrected chi connectivity index (χ4v) is 2.33. The van der Waals surface area contributed by atoms with Gasteiger partial charge in [0.1, 0.15) is 0 Å². The van der Waals surface area contributed by atoms with Crippen LogP contribution in [0.1, 0.15) is 30.5 Å². The first-order chi connectivity index (χ1) is 10.2. The SMILES string of the molecule is CCc1ccccc1CNCc1ccc(NC(C)=O)cc1. The monoisotopic (exact) mass is 282 g/mol. The van der Waals surface area contributed by atoms with Gasteiger partial charge in [-0.1, -0.05) is 43.3 Å². The molecule has 0 aromatic heterocycles. The largest absolute Gasteiger partial charge is 0.326 e. The summed E-state index contributed by atoms with van der Waals surface area (Å²) in [6, 6.07) is 16.4. The van der Waals surface area contributed by atoms with Crippen molar-refractivity contribution in [1.29, 1.82) is 0 Å². The van der Waals surface area contributed by atoms with E-state index in [4.69, 9.17) is 0 Å². The second-order valence-corrected chi connectivity index (χ2v) is 5.10. The zero-order valence-corrected chi connectivity index (χ0v) is 12.6. The van der Waals surface area contributed by atoms with Crippen LogP contribution in [0.3, 0.4) is 0 Å². The van der Waals surface area contributed by atoms with Crippen LogP contribution in [-0.2, 0) is 24.3 Å². The van der Waals surface area contributed by atoms with E-state index in [0.717, 1.165) is 25.2 Å². The van der Waals surface area contributed by atoms with E-state index in [0.29, 0.717) is 0 Å². The van der Waals surface area contributed by atoms with Gasteiger partial charge >= 0.3 is 0 Å². The van der Waals surface area contributed by atoms with Gasteiger partial charge in [0.2, 0.25) is 5.91 Å². The molecule has 2 aromatic rings. The minimum Gasteiger partial charge on any atom is -0.326 e. The third kappa shape index (κ3) is 4.72. The van der Waals surface area contributed by atoms with Crippen molar-refractivity contribution >= 4 is 11.6 Å². The zero-order chi connectivity index (χ0) is 15.1. The van der Waals surface area contributed by atoms with Gasteiger partial charge in [-0.25, -0.2) is 0 Å². The Balaban J connectivity index is 1.87. The highest BCUT2D eigenvalue weighted by molar-refractivity contribution is 5.88. The number of benzene rings is 2. The van der Waals surface area contributed by atoms with Gasteiger partial charge in [-0.2, -0.15) is 0 Å². The van der Waals surface area contributed by atoms with Gasteiger partial charge in [-0.15, -0.1) is 0 Å². The highest BCUT2D eigenvalue weighted by atomic mass is 16.1. The summed E-state index contributed by atoms with van der Waals surface area (Å²) < 4.78 is 0. The molecule has 3 nitrogen and oxygen atoms in total. The van der Waals surface area contributed by atoms with Crippen LogP contribution < -0.4 is 10.6 Å². The van der Waals surface area contributed by atoms with Crippen molar-refractivity contribution in [2.75, 3.05) is 5.32 Å². The first-order valence-electron chi connectivity index (χ1n) is 7.33. The molecule has 0 aliphatic carbocycles. The van der Waals surface area contributed by atoms with Crippen molar-refractivity contribution < 1.29 is 4.79 Å². The van der Waals surface area contributed by atoms with Crippen molar-refractivity contribution in [3.63, 3.8) is 0 Å². The number of rotatable bonds is 6. The van der Waals surface area contributed by atoms with E-state index in [9.17, 15) is 4.79 Å². The summed E-state index contributed by atoms with van der Waals surface area (Å²) in [6.07, 6.45) is 1.06. The number of hydrogen-bond acceptors (Lipinski definition) is 2. The Hall–Kier alpha value is -2.13. The maximum atomic E-state index is 11.0. The third-order valence-corrected chi connectivity index (χ3v) is 3.42. The molecule has 0 fully saturated rings. The molecule has 1 amide bonds. The molecule has 2 rings (SSSR count). The van der Waals surface area contributed by atoms with Crippen molar-refractivity contribution in [2.24, 2.45) is 0 Å². The van der Waals surface area contributed by atoms with Crippen molar-refractivity contribution in [2.45, 2.75) is 33.4 Å². The van der Waals surface area contributed by atoms with Gasteiger partial charge in [0.05, 0.1) is 0 Å². The Kier molecular flexibility index (Phi) is 5.52. The number of carbonyl (C=O) groups excluding carboxylic acids is 1. The number of aryl methyl sites for hydroxylation is 1. The summed E-state index contributed by atoms with van der Waals surface area (Å²) in [5.41, 5.74) is 4.79. The Bertz CT molecular complexity index is 590. The van der Waals surface area contributed by atoms with Gasteiger partial charge in [0.25, 0.3) is 0 Å². The smallest absolute Gasteiger partial charge is 0.221 e. The van der Waals surface area contributed by atoms with Gasteiger partial charge in [-0.05, 0) is 35.2 Å². The van der Waals surface area contributed by atoms with Crippen molar-refractivity contribution in [1.82, 2.24) is 5.32 Å². The molecule has 21 heavy (non-hydrogen) atoms. The predicted octanol–water partition coefficient (Wildman–Crippen LogP) is 3.50. The minimum atomic E-state index is -0.0444. The Morgan fingerprint density at radius 3 is 2.24 bits per heavy atom. The van der Waals surface area contributed by atoms with Gasteiger partial charge in [0.15, 0.2) is 0 Å². The standard InChI is InChI=1S/C18H22N2O/c1-3-16-6-4-5-7-17(16)13-19-12-15-8-10-18(11-9-15)20-14(2)21/h4-11,19H,3,12-13H2,1-2H3,(H,20,21). The molecule has 2 aromatic carbocycles. The zero-order valence-electron chi connectivity index (χ0n) is 12.6. The maximum absolute atomic E-state index is 11.0. The quantitative estimate of drug-likeness (QED) is 0.851. The second-order valence-electron chi connectivity index (χ2n) is 5.10. The Morgan fingerprint density at radius 1 is 0.952 bits per heavy atom. The van der Waals surface area contributed by atoms with Crippen LogP contribution in [-0.4, -0.2) is 5.91 Å². The highest BCUT2D eigenvalue weighted by Gasteiger charge is 2.00. The van der Waals surface area contributed by atoms with Crippen LogP contribution in [0, 0.1) is 0 Å². The molecule has 0 bridgehead atoms. The lowest BCUT2D eigenvalue weighted by Gasteiger charge is -2.10. The van der Waals surface area contributed by atoms with E-state index in [2.05, 4.69) is 41.8 Å². The lowest BCUT2D eigenvalue weighted by atomic mass is 10.1. The lowest BCUT2D eigenvalue weighted by molar-refractivity contribution is -0.114. The average Bonchev–Trinajstić information content (AvgIpc) is 2.49. The molecular formula is C18H22N2O. The Labute approximate surface area is 126 Å². The van der Waals surface area contributed by atoms with Crippen LogP contribution >= 0.6 is 0 Å². The topological polar surface area (TPSA) is 41.1 Å². The van der Waals surface area contributed by atoms with Gasteiger partial charge in [-0.3, -0.25) is 4.79 Å². The maximum Gasteiger partial charge on any atom is 0.221 e.